The lowest BCUT2D eigenvalue weighted by molar-refractivity contribution is -0.0264. The minimum atomic E-state index is -0.113. The van der Waals surface area contributed by atoms with E-state index in [1.807, 2.05) is 24.3 Å². The second-order valence-electron chi connectivity index (χ2n) is 4.94. The highest BCUT2D eigenvalue weighted by Crippen LogP contribution is 2.21. The van der Waals surface area contributed by atoms with Crippen LogP contribution in [0.25, 0.3) is 0 Å². The van der Waals surface area contributed by atoms with Crippen molar-refractivity contribution in [2.75, 3.05) is 26.7 Å². The highest BCUT2D eigenvalue weighted by Gasteiger charge is 2.24. The fourth-order valence-corrected chi connectivity index (χ4v) is 2.41. The highest BCUT2D eigenvalue weighted by atomic mass is 35.5. The van der Waals surface area contributed by atoms with Crippen molar-refractivity contribution in [2.45, 2.75) is 12.5 Å². The summed E-state index contributed by atoms with van der Waals surface area (Å²) in [5, 5.41) is 4.73. The molecule has 1 aliphatic rings. The Balaban J connectivity index is 1.72. The highest BCUT2D eigenvalue weighted by molar-refractivity contribution is 6.31. The molecule has 0 amide bonds. The fraction of sp³-hybridized carbons (Fsp3) is 0.429. The number of rotatable bonds is 3. The molecule has 106 valence electrons. The Kier molecular flexibility index (Phi) is 4.00. The molecule has 0 spiro atoms. The molecule has 0 N–H and O–H groups in total. The van der Waals surface area contributed by atoms with Gasteiger partial charge in [-0.25, -0.2) is 0 Å². The molecule has 0 radical (unpaired) electrons. The molecular weight excluding hydrogens is 278 g/mol. The predicted molar refractivity (Wildman–Crippen MR) is 74.7 cm³/mol. The number of aromatic nitrogens is 2. The van der Waals surface area contributed by atoms with Crippen molar-refractivity contribution >= 4 is 11.6 Å². The van der Waals surface area contributed by atoms with Gasteiger partial charge in [-0.3, -0.25) is 0 Å². The van der Waals surface area contributed by atoms with Crippen LogP contribution in [0.4, 0.5) is 0 Å². The van der Waals surface area contributed by atoms with E-state index in [1.165, 1.54) is 0 Å². The van der Waals surface area contributed by atoms with E-state index in [1.54, 1.807) is 0 Å². The second-order valence-corrected chi connectivity index (χ2v) is 5.34. The van der Waals surface area contributed by atoms with Gasteiger partial charge in [-0.1, -0.05) is 35.0 Å². The van der Waals surface area contributed by atoms with Gasteiger partial charge in [-0.15, -0.1) is 0 Å². The van der Waals surface area contributed by atoms with Gasteiger partial charge in [-0.2, -0.15) is 4.98 Å². The molecule has 1 saturated heterocycles. The SMILES string of the molecule is CN1CCOC(c2noc(Cc3ccccc3Cl)n2)C1. The van der Waals surface area contributed by atoms with E-state index in [0.717, 1.165) is 18.7 Å². The maximum atomic E-state index is 6.13. The minimum absolute atomic E-state index is 0.113. The molecule has 1 aromatic carbocycles. The van der Waals surface area contributed by atoms with E-state index >= 15 is 0 Å². The van der Waals surface area contributed by atoms with E-state index in [4.69, 9.17) is 20.9 Å². The Morgan fingerprint density at radius 2 is 2.25 bits per heavy atom. The van der Waals surface area contributed by atoms with Crippen LogP contribution < -0.4 is 0 Å². The monoisotopic (exact) mass is 293 g/mol. The first kappa shape index (κ1) is 13.5. The molecule has 5 nitrogen and oxygen atoms in total. The minimum Gasteiger partial charge on any atom is -0.367 e. The predicted octanol–water partition coefficient (Wildman–Crippen LogP) is 2.32. The quantitative estimate of drug-likeness (QED) is 0.869. The molecule has 0 bridgehead atoms. The lowest BCUT2D eigenvalue weighted by Gasteiger charge is -2.27. The van der Waals surface area contributed by atoms with Crippen LogP contribution in [-0.2, 0) is 11.2 Å². The van der Waals surface area contributed by atoms with Gasteiger partial charge >= 0.3 is 0 Å². The van der Waals surface area contributed by atoms with E-state index < -0.39 is 0 Å². The Labute approximate surface area is 122 Å². The first-order valence-electron chi connectivity index (χ1n) is 6.58. The van der Waals surface area contributed by atoms with Gasteiger partial charge in [0.05, 0.1) is 13.0 Å². The van der Waals surface area contributed by atoms with Crippen LogP contribution in [0.5, 0.6) is 0 Å². The standard InChI is InChI=1S/C14H16ClN3O2/c1-18-6-7-19-12(9-18)14-16-13(20-17-14)8-10-4-2-3-5-11(10)15/h2-5,12H,6-9H2,1H3. The lowest BCUT2D eigenvalue weighted by atomic mass is 10.1. The zero-order valence-electron chi connectivity index (χ0n) is 11.3. The Hall–Kier alpha value is -1.43. The summed E-state index contributed by atoms with van der Waals surface area (Å²) in [4.78, 5) is 6.61. The topological polar surface area (TPSA) is 51.4 Å². The number of morpholine rings is 1. The normalized spacial score (nSPS) is 20.2. The van der Waals surface area contributed by atoms with Crippen molar-refractivity contribution < 1.29 is 9.26 Å². The number of hydrogen-bond acceptors (Lipinski definition) is 5. The summed E-state index contributed by atoms with van der Waals surface area (Å²) in [5.74, 6) is 1.17. The summed E-state index contributed by atoms with van der Waals surface area (Å²) in [6.07, 6.45) is 0.424. The molecule has 1 aromatic heterocycles. The van der Waals surface area contributed by atoms with Gasteiger partial charge < -0.3 is 14.2 Å². The van der Waals surface area contributed by atoms with Crippen molar-refractivity contribution in [2.24, 2.45) is 0 Å². The Morgan fingerprint density at radius 3 is 3.05 bits per heavy atom. The maximum Gasteiger partial charge on any atom is 0.231 e. The van der Waals surface area contributed by atoms with Crippen molar-refractivity contribution in [3.8, 4) is 0 Å². The smallest absolute Gasteiger partial charge is 0.231 e. The molecule has 2 heterocycles. The molecule has 20 heavy (non-hydrogen) atoms. The molecule has 0 aliphatic carbocycles. The van der Waals surface area contributed by atoms with E-state index in [9.17, 15) is 0 Å². The zero-order chi connectivity index (χ0) is 13.9. The summed E-state index contributed by atoms with van der Waals surface area (Å²) in [7, 11) is 2.06. The molecule has 1 atom stereocenters. The number of nitrogens with zero attached hydrogens (tertiary/aromatic N) is 3. The van der Waals surface area contributed by atoms with Crippen LogP contribution in [0.1, 0.15) is 23.4 Å². The largest absolute Gasteiger partial charge is 0.367 e. The van der Waals surface area contributed by atoms with Gasteiger partial charge in [0.15, 0.2) is 0 Å². The number of likely N-dealkylation sites (N-methyl/N-ethyl adjacent to an activating group) is 1. The van der Waals surface area contributed by atoms with Gasteiger partial charge in [0.1, 0.15) is 6.10 Å². The van der Waals surface area contributed by atoms with Gasteiger partial charge in [0.25, 0.3) is 0 Å². The fourth-order valence-electron chi connectivity index (χ4n) is 2.21. The third-order valence-corrected chi connectivity index (χ3v) is 3.71. The molecule has 3 rings (SSSR count). The van der Waals surface area contributed by atoms with Crippen molar-refractivity contribution in [1.82, 2.24) is 15.0 Å². The number of halogens is 1. The summed E-state index contributed by atoms with van der Waals surface area (Å²) in [6, 6.07) is 7.65. The van der Waals surface area contributed by atoms with Crippen molar-refractivity contribution in [3.63, 3.8) is 0 Å². The summed E-state index contributed by atoms with van der Waals surface area (Å²) < 4.78 is 11.0. The van der Waals surface area contributed by atoms with Gasteiger partial charge in [0, 0.05) is 18.1 Å². The molecular formula is C14H16ClN3O2. The van der Waals surface area contributed by atoms with Crippen molar-refractivity contribution in [1.29, 1.82) is 0 Å². The third kappa shape index (κ3) is 3.00. The van der Waals surface area contributed by atoms with Crippen LogP contribution in [0, 0.1) is 0 Å². The lowest BCUT2D eigenvalue weighted by Crippen LogP contribution is -2.35. The maximum absolute atomic E-state index is 6.13. The van der Waals surface area contributed by atoms with Gasteiger partial charge in [0.2, 0.25) is 11.7 Å². The van der Waals surface area contributed by atoms with Crippen LogP contribution in [0.15, 0.2) is 28.8 Å². The molecule has 6 heteroatoms. The first-order chi connectivity index (χ1) is 9.72. The van der Waals surface area contributed by atoms with Crippen LogP contribution >= 0.6 is 11.6 Å². The average Bonchev–Trinajstić information content (AvgIpc) is 2.90. The van der Waals surface area contributed by atoms with Crippen LogP contribution in [-0.4, -0.2) is 41.8 Å². The number of benzene rings is 1. The summed E-state index contributed by atoms with van der Waals surface area (Å²) >= 11 is 6.13. The Morgan fingerprint density at radius 1 is 1.40 bits per heavy atom. The van der Waals surface area contributed by atoms with E-state index in [2.05, 4.69) is 22.1 Å². The molecule has 2 aromatic rings. The third-order valence-electron chi connectivity index (χ3n) is 3.34. The van der Waals surface area contributed by atoms with E-state index in [0.29, 0.717) is 29.8 Å². The van der Waals surface area contributed by atoms with Crippen molar-refractivity contribution in [3.05, 3.63) is 46.6 Å². The molecule has 0 saturated carbocycles. The second kappa shape index (κ2) is 5.91. The summed E-state index contributed by atoms with van der Waals surface area (Å²) in [5.41, 5.74) is 0.978. The molecule has 1 fully saturated rings. The van der Waals surface area contributed by atoms with E-state index in [-0.39, 0.29) is 6.10 Å². The molecule has 1 unspecified atom stereocenters. The number of hydrogen-bond donors (Lipinski definition) is 0. The number of ether oxygens (including phenoxy) is 1. The molecule has 1 aliphatic heterocycles. The van der Waals surface area contributed by atoms with Crippen LogP contribution in [0.2, 0.25) is 5.02 Å². The van der Waals surface area contributed by atoms with Gasteiger partial charge in [-0.05, 0) is 18.7 Å². The summed E-state index contributed by atoms with van der Waals surface area (Å²) in [6.45, 7) is 2.40. The first-order valence-corrected chi connectivity index (χ1v) is 6.96. The zero-order valence-corrected chi connectivity index (χ0v) is 12.0. The average molecular weight is 294 g/mol. The van der Waals surface area contributed by atoms with Crippen LogP contribution in [0.3, 0.4) is 0 Å². The Bertz CT molecular complexity index is 587.